The monoisotopic (exact) mass is 424 g/mol. The number of carbonyl (C=O) groups is 2. The van der Waals surface area contributed by atoms with Crippen LogP contribution < -0.4 is 15.5 Å². The molecule has 0 radical (unpaired) electrons. The van der Waals surface area contributed by atoms with Crippen molar-refractivity contribution in [1.29, 1.82) is 0 Å². The van der Waals surface area contributed by atoms with Crippen molar-refractivity contribution in [1.82, 2.24) is 25.4 Å². The first-order valence-electron chi connectivity index (χ1n) is 10.6. The number of nitrogens with one attached hydrogen (secondary N) is 2. The number of anilines is 1. The van der Waals surface area contributed by atoms with Crippen LogP contribution >= 0.6 is 0 Å². The standard InChI is InChI=1S/C23H32N6O2/c1-27(2)20-8-6-19(7-9-20)21(29-13-11-28(3)12-14-29)17-26-23(31)22(30)25-16-18-5-4-10-24-15-18/h4-10,15,21H,11-14,16-17H2,1-3H3,(H,25,30)(H,26,31)/t21-/m1/s1. The Kier molecular flexibility index (Phi) is 7.97. The van der Waals surface area contributed by atoms with E-state index >= 15 is 0 Å². The molecule has 3 rings (SSSR count). The predicted octanol–water partition coefficient (Wildman–Crippen LogP) is 0.869. The third-order valence-corrected chi connectivity index (χ3v) is 5.61. The summed E-state index contributed by atoms with van der Waals surface area (Å²) in [5.74, 6) is -1.25. The second-order valence-electron chi connectivity index (χ2n) is 8.09. The molecule has 8 heteroatoms. The van der Waals surface area contributed by atoms with Gasteiger partial charge in [0.15, 0.2) is 0 Å². The highest BCUT2D eigenvalue weighted by Gasteiger charge is 2.25. The summed E-state index contributed by atoms with van der Waals surface area (Å²) < 4.78 is 0. The van der Waals surface area contributed by atoms with Crippen LogP contribution in [0.15, 0.2) is 48.8 Å². The molecular weight excluding hydrogens is 392 g/mol. The lowest BCUT2D eigenvalue weighted by Crippen LogP contribution is -2.49. The Morgan fingerprint density at radius 2 is 1.71 bits per heavy atom. The van der Waals surface area contributed by atoms with Crippen LogP contribution in [0.4, 0.5) is 5.69 Å². The van der Waals surface area contributed by atoms with Gasteiger partial charge < -0.3 is 20.4 Å². The molecule has 31 heavy (non-hydrogen) atoms. The molecule has 166 valence electrons. The van der Waals surface area contributed by atoms with E-state index in [1.54, 1.807) is 18.5 Å². The molecule has 2 aromatic rings. The number of pyridine rings is 1. The summed E-state index contributed by atoms with van der Waals surface area (Å²) in [6.07, 6.45) is 3.33. The van der Waals surface area contributed by atoms with Crippen molar-refractivity contribution in [3.63, 3.8) is 0 Å². The number of rotatable bonds is 7. The Bertz CT molecular complexity index is 848. The third kappa shape index (κ3) is 6.50. The molecule has 2 N–H and O–H groups in total. The van der Waals surface area contributed by atoms with E-state index in [1.165, 1.54) is 0 Å². The SMILES string of the molecule is CN1CCN([C@H](CNC(=O)C(=O)NCc2cccnc2)c2ccc(N(C)C)cc2)CC1. The van der Waals surface area contributed by atoms with Gasteiger partial charge in [-0.1, -0.05) is 18.2 Å². The van der Waals surface area contributed by atoms with Crippen molar-refractivity contribution in [3.8, 4) is 0 Å². The van der Waals surface area contributed by atoms with Crippen LogP contribution in [0.25, 0.3) is 0 Å². The molecule has 1 aliphatic rings. The highest BCUT2D eigenvalue weighted by atomic mass is 16.2. The minimum atomic E-state index is -0.635. The Morgan fingerprint density at radius 1 is 1.03 bits per heavy atom. The van der Waals surface area contributed by atoms with Crippen molar-refractivity contribution in [2.75, 3.05) is 58.8 Å². The van der Waals surface area contributed by atoms with Gasteiger partial charge in [0.1, 0.15) is 0 Å². The summed E-state index contributed by atoms with van der Waals surface area (Å²) in [7, 11) is 6.14. The van der Waals surface area contributed by atoms with Gasteiger partial charge in [0.25, 0.3) is 0 Å². The van der Waals surface area contributed by atoms with Crippen LogP contribution in [0.1, 0.15) is 17.2 Å². The van der Waals surface area contributed by atoms with Crippen molar-refractivity contribution < 1.29 is 9.59 Å². The summed E-state index contributed by atoms with van der Waals surface area (Å²) in [5.41, 5.74) is 3.10. The zero-order chi connectivity index (χ0) is 22.2. The Labute approximate surface area is 184 Å². The number of amides is 2. The second kappa shape index (κ2) is 10.9. The number of piperazine rings is 1. The second-order valence-corrected chi connectivity index (χ2v) is 8.09. The van der Waals surface area contributed by atoms with Gasteiger partial charge in [-0.2, -0.15) is 0 Å². The Morgan fingerprint density at radius 3 is 2.32 bits per heavy atom. The molecule has 1 aromatic carbocycles. The highest BCUT2D eigenvalue weighted by molar-refractivity contribution is 6.35. The summed E-state index contributed by atoms with van der Waals surface area (Å²) in [6, 6.07) is 12.0. The van der Waals surface area contributed by atoms with Gasteiger partial charge >= 0.3 is 11.8 Å². The minimum absolute atomic E-state index is 0.0139. The summed E-state index contributed by atoms with van der Waals surface area (Å²) in [6.45, 7) is 4.44. The summed E-state index contributed by atoms with van der Waals surface area (Å²) in [5, 5.41) is 5.48. The average Bonchev–Trinajstić information content (AvgIpc) is 2.79. The van der Waals surface area contributed by atoms with Gasteiger partial charge in [0.05, 0.1) is 6.04 Å². The summed E-state index contributed by atoms with van der Waals surface area (Å²) >= 11 is 0. The smallest absolute Gasteiger partial charge is 0.309 e. The molecule has 1 aliphatic heterocycles. The zero-order valence-electron chi connectivity index (χ0n) is 18.5. The summed E-state index contributed by atoms with van der Waals surface area (Å²) in [4.78, 5) is 35.4. The van der Waals surface area contributed by atoms with E-state index in [1.807, 2.05) is 20.2 Å². The molecular formula is C23H32N6O2. The molecule has 0 aliphatic carbocycles. The van der Waals surface area contributed by atoms with Crippen molar-refractivity contribution >= 4 is 17.5 Å². The molecule has 1 saturated heterocycles. The lowest BCUT2D eigenvalue weighted by atomic mass is 10.0. The van der Waals surface area contributed by atoms with E-state index in [-0.39, 0.29) is 12.6 Å². The quantitative estimate of drug-likeness (QED) is 0.642. The van der Waals surface area contributed by atoms with E-state index in [2.05, 4.69) is 61.6 Å². The molecule has 1 fully saturated rings. The van der Waals surface area contributed by atoms with Gasteiger partial charge in [-0.25, -0.2) is 0 Å². The molecule has 0 saturated carbocycles. The molecule has 8 nitrogen and oxygen atoms in total. The first-order valence-corrected chi connectivity index (χ1v) is 10.6. The van der Waals surface area contributed by atoms with E-state index in [0.717, 1.165) is 43.0 Å². The van der Waals surface area contributed by atoms with E-state index in [0.29, 0.717) is 6.54 Å². The van der Waals surface area contributed by atoms with Crippen molar-refractivity contribution in [2.24, 2.45) is 0 Å². The number of aromatic nitrogens is 1. The lowest BCUT2D eigenvalue weighted by molar-refractivity contribution is -0.139. The molecule has 1 atom stereocenters. The number of hydrogen-bond donors (Lipinski definition) is 2. The van der Waals surface area contributed by atoms with E-state index < -0.39 is 11.8 Å². The number of carbonyl (C=O) groups excluding carboxylic acids is 2. The number of nitrogens with zero attached hydrogens (tertiary/aromatic N) is 4. The zero-order valence-corrected chi connectivity index (χ0v) is 18.5. The highest BCUT2D eigenvalue weighted by Crippen LogP contribution is 2.24. The Hall–Kier alpha value is -2.97. The largest absolute Gasteiger partial charge is 0.378 e. The molecule has 1 aromatic heterocycles. The van der Waals surface area contributed by atoms with E-state index in [4.69, 9.17) is 0 Å². The number of hydrogen-bond acceptors (Lipinski definition) is 6. The van der Waals surface area contributed by atoms with Crippen LogP contribution in [0, 0.1) is 0 Å². The Balaban J connectivity index is 1.62. The number of likely N-dealkylation sites (N-methyl/N-ethyl adjacent to an activating group) is 1. The van der Waals surface area contributed by atoms with Crippen LogP contribution in [-0.4, -0.2) is 80.5 Å². The fourth-order valence-corrected chi connectivity index (χ4v) is 3.62. The lowest BCUT2D eigenvalue weighted by Gasteiger charge is -2.38. The maximum absolute atomic E-state index is 12.4. The minimum Gasteiger partial charge on any atom is -0.378 e. The first kappa shape index (κ1) is 22.7. The van der Waals surface area contributed by atoms with Gasteiger partial charge in [-0.15, -0.1) is 0 Å². The molecule has 0 spiro atoms. The topological polar surface area (TPSA) is 80.8 Å². The molecule has 2 heterocycles. The molecule has 0 bridgehead atoms. The maximum atomic E-state index is 12.4. The normalized spacial score (nSPS) is 15.8. The first-order chi connectivity index (χ1) is 14.9. The average molecular weight is 425 g/mol. The van der Waals surface area contributed by atoms with Crippen molar-refractivity contribution in [3.05, 3.63) is 59.9 Å². The van der Waals surface area contributed by atoms with Crippen LogP contribution in [-0.2, 0) is 16.1 Å². The van der Waals surface area contributed by atoms with E-state index in [9.17, 15) is 9.59 Å². The van der Waals surface area contributed by atoms with Crippen molar-refractivity contribution in [2.45, 2.75) is 12.6 Å². The third-order valence-electron chi connectivity index (χ3n) is 5.61. The molecule has 0 unspecified atom stereocenters. The van der Waals surface area contributed by atoms with Crippen LogP contribution in [0.2, 0.25) is 0 Å². The van der Waals surface area contributed by atoms with Crippen LogP contribution in [0.5, 0.6) is 0 Å². The number of benzene rings is 1. The molecule has 2 amide bonds. The van der Waals surface area contributed by atoms with Gasteiger partial charge in [-0.3, -0.25) is 19.5 Å². The maximum Gasteiger partial charge on any atom is 0.309 e. The van der Waals surface area contributed by atoms with Gasteiger partial charge in [0.2, 0.25) is 0 Å². The fourth-order valence-electron chi connectivity index (χ4n) is 3.62. The fraction of sp³-hybridized carbons (Fsp3) is 0.435. The van der Waals surface area contributed by atoms with Gasteiger partial charge in [-0.05, 0) is 36.4 Å². The predicted molar refractivity (Wildman–Crippen MR) is 122 cm³/mol. The van der Waals surface area contributed by atoms with Gasteiger partial charge in [0, 0.05) is 71.4 Å². The van der Waals surface area contributed by atoms with Crippen LogP contribution in [0.3, 0.4) is 0 Å².